The van der Waals surface area contributed by atoms with Crippen LogP contribution in [-0.2, 0) is 23.3 Å². The van der Waals surface area contributed by atoms with E-state index in [1.165, 1.54) is 30.4 Å². The molecule has 3 aromatic carbocycles. The number of phenols is 1. The van der Waals surface area contributed by atoms with Gasteiger partial charge in [0.1, 0.15) is 16.5 Å². The number of carbonyl (C=O) groups is 1. The maximum atomic E-state index is 13.1. The molecule has 1 aromatic heterocycles. The van der Waals surface area contributed by atoms with Gasteiger partial charge in [0.05, 0.1) is 11.3 Å². The molecule has 12 heteroatoms. The summed E-state index contributed by atoms with van der Waals surface area (Å²) in [5, 5.41) is 19.4. The smallest absolute Gasteiger partial charge is 0.416 e. The van der Waals surface area contributed by atoms with Gasteiger partial charge in [0.15, 0.2) is 6.10 Å². The molecular weight excluding hydrogens is 611 g/mol. The number of rotatable bonds is 10. The molecule has 0 spiro atoms. The average molecular weight is 644 g/mol. The Hall–Kier alpha value is -3.74. The number of aliphatic carboxylic acids is 1. The number of thiazole rings is 1. The van der Waals surface area contributed by atoms with Crippen molar-refractivity contribution in [3.05, 3.63) is 88.4 Å². The molecule has 2 N–H and O–H groups in total. The maximum Gasteiger partial charge on any atom is 0.416 e. The second-order valence-electron chi connectivity index (χ2n) is 10.6. The Kier molecular flexibility index (Phi) is 9.72. The fourth-order valence-corrected chi connectivity index (χ4v) is 6.99. The summed E-state index contributed by atoms with van der Waals surface area (Å²) < 4.78 is 45.0. The molecule has 0 saturated carbocycles. The van der Waals surface area contributed by atoms with E-state index in [1.807, 2.05) is 31.2 Å². The molecule has 2 heterocycles. The second kappa shape index (κ2) is 13.5. The van der Waals surface area contributed by atoms with Crippen molar-refractivity contribution >= 4 is 34.8 Å². The number of carboxylic acids is 1. The lowest BCUT2D eigenvalue weighted by Gasteiger charge is -2.36. The summed E-state index contributed by atoms with van der Waals surface area (Å²) in [7, 11) is 0. The van der Waals surface area contributed by atoms with Crippen molar-refractivity contribution in [1.82, 2.24) is 9.88 Å². The molecule has 4 aromatic rings. The van der Waals surface area contributed by atoms with Crippen LogP contribution in [0.4, 0.5) is 18.9 Å². The Labute approximate surface area is 261 Å². The number of thioether (sulfide) groups is 1. The van der Waals surface area contributed by atoms with Crippen LogP contribution in [0.25, 0.3) is 10.6 Å². The van der Waals surface area contributed by atoms with E-state index < -0.39 is 23.8 Å². The number of hydrogen-bond donors (Lipinski definition) is 2. The maximum absolute atomic E-state index is 13.1. The van der Waals surface area contributed by atoms with Crippen LogP contribution >= 0.6 is 23.1 Å². The Morgan fingerprint density at radius 1 is 1.05 bits per heavy atom. The van der Waals surface area contributed by atoms with Gasteiger partial charge < -0.3 is 19.8 Å². The molecule has 0 bridgehead atoms. The number of anilines is 1. The predicted octanol–water partition coefficient (Wildman–Crippen LogP) is 7.31. The average Bonchev–Trinajstić information content (AvgIpc) is 3.40. The molecular formula is C32H32F3N3O4S2. The van der Waals surface area contributed by atoms with Crippen molar-refractivity contribution in [1.29, 1.82) is 0 Å². The van der Waals surface area contributed by atoms with Gasteiger partial charge in [0.25, 0.3) is 0 Å². The van der Waals surface area contributed by atoms with Crippen LogP contribution in [0.15, 0.2) is 71.6 Å². The summed E-state index contributed by atoms with van der Waals surface area (Å²) in [6, 6.07) is 17.9. The van der Waals surface area contributed by atoms with Gasteiger partial charge in [-0.25, -0.2) is 9.78 Å². The molecule has 0 aliphatic carbocycles. The molecule has 1 aliphatic heterocycles. The number of aromatic nitrogens is 1. The molecule has 1 saturated heterocycles. The summed E-state index contributed by atoms with van der Waals surface area (Å²) >= 11 is 3.10. The summed E-state index contributed by atoms with van der Waals surface area (Å²) in [4.78, 5) is 22.7. The molecule has 232 valence electrons. The van der Waals surface area contributed by atoms with Gasteiger partial charge in [-0.2, -0.15) is 13.2 Å². The van der Waals surface area contributed by atoms with Gasteiger partial charge in [-0.3, -0.25) is 4.90 Å². The number of aryl methyl sites for hydroxylation is 1. The SMILES string of the molecule is Cc1cc(SCc2sc(-c3ccc(C(F)(F)F)cc3)nc2CN2CCN(c3ccc(O)cc3)CC2)ccc1OC(C)C(=O)O. The van der Waals surface area contributed by atoms with E-state index >= 15 is 0 Å². The Bertz CT molecular complexity index is 1590. The first-order chi connectivity index (χ1) is 21.0. The third-order valence-electron chi connectivity index (χ3n) is 7.37. The number of aromatic hydroxyl groups is 1. The van der Waals surface area contributed by atoms with E-state index in [0.29, 0.717) is 28.6 Å². The van der Waals surface area contributed by atoms with E-state index in [0.717, 1.165) is 65.0 Å². The number of phenolic OH excluding ortho intramolecular Hbond substituents is 1. The number of alkyl halides is 3. The second-order valence-corrected chi connectivity index (χ2v) is 12.7. The highest BCUT2D eigenvalue weighted by Crippen LogP contribution is 2.37. The van der Waals surface area contributed by atoms with E-state index in [4.69, 9.17) is 14.8 Å². The first-order valence-corrected chi connectivity index (χ1v) is 15.8. The van der Waals surface area contributed by atoms with Gasteiger partial charge in [-0.1, -0.05) is 12.1 Å². The molecule has 1 atom stereocenters. The first-order valence-electron chi connectivity index (χ1n) is 14.0. The standard InChI is InChI=1S/C32H32F3N3O4S2/c1-20-17-26(11-12-28(20)42-21(2)31(40)41)43-19-29-27(36-30(44-29)22-3-5-23(6-4-22)32(33,34)35)18-37-13-15-38(16-14-37)24-7-9-25(39)10-8-24/h3-12,17,21,39H,13-16,18-19H2,1-2H3,(H,40,41). The zero-order chi connectivity index (χ0) is 31.4. The van der Waals surface area contributed by atoms with Gasteiger partial charge in [0, 0.05) is 59.5 Å². The van der Waals surface area contributed by atoms with E-state index in [9.17, 15) is 23.1 Å². The van der Waals surface area contributed by atoms with Crippen LogP contribution in [0.5, 0.6) is 11.5 Å². The molecule has 7 nitrogen and oxygen atoms in total. The van der Waals surface area contributed by atoms with E-state index in [-0.39, 0.29) is 5.75 Å². The fourth-order valence-electron chi connectivity index (χ4n) is 4.82. The molecule has 0 amide bonds. The minimum atomic E-state index is -4.40. The number of carboxylic acid groups (broad SMARTS) is 1. The van der Waals surface area contributed by atoms with E-state index in [2.05, 4.69) is 9.80 Å². The molecule has 1 aliphatic rings. The number of hydrogen-bond acceptors (Lipinski definition) is 8. The molecule has 5 rings (SSSR count). The lowest BCUT2D eigenvalue weighted by Crippen LogP contribution is -2.46. The van der Waals surface area contributed by atoms with E-state index in [1.54, 1.807) is 30.0 Å². The lowest BCUT2D eigenvalue weighted by molar-refractivity contribution is -0.144. The predicted molar refractivity (Wildman–Crippen MR) is 167 cm³/mol. The highest BCUT2D eigenvalue weighted by Gasteiger charge is 2.30. The van der Waals surface area contributed by atoms with Crippen LogP contribution in [0.3, 0.4) is 0 Å². The van der Waals surface area contributed by atoms with Crippen molar-refractivity contribution in [3.8, 4) is 22.1 Å². The number of piperazine rings is 1. The Morgan fingerprint density at radius 3 is 2.34 bits per heavy atom. The summed E-state index contributed by atoms with van der Waals surface area (Å²) in [5.41, 5.74) is 2.73. The Balaban J connectivity index is 1.32. The van der Waals surface area contributed by atoms with Crippen molar-refractivity contribution in [3.63, 3.8) is 0 Å². The van der Waals surface area contributed by atoms with Crippen molar-refractivity contribution in [2.24, 2.45) is 0 Å². The van der Waals surface area contributed by atoms with Gasteiger partial charge in [-0.15, -0.1) is 23.1 Å². The van der Waals surface area contributed by atoms with Crippen LogP contribution in [0.1, 0.15) is 28.6 Å². The summed E-state index contributed by atoms with van der Waals surface area (Å²) in [6.07, 6.45) is -5.36. The van der Waals surface area contributed by atoms with Gasteiger partial charge in [-0.05, 0) is 74.0 Å². The highest BCUT2D eigenvalue weighted by atomic mass is 32.2. The molecule has 1 fully saturated rings. The number of nitrogens with zero attached hydrogens (tertiary/aromatic N) is 3. The van der Waals surface area contributed by atoms with Crippen molar-refractivity contribution in [2.45, 2.75) is 43.3 Å². The third-order valence-corrected chi connectivity index (χ3v) is 9.72. The lowest BCUT2D eigenvalue weighted by atomic mass is 10.1. The summed E-state index contributed by atoms with van der Waals surface area (Å²) in [6.45, 7) is 7.24. The monoisotopic (exact) mass is 643 g/mol. The Morgan fingerprint density at radius 2 is 1.73 bits per heavy atom. The first kappa shape index (κ1) is 31.7. The van der Waals surface area contributed by atoms with Crippen molar-refractivity contribution in [2.75, 3.05) is 31.1 Å². The quantitative estimate of drug-likeness (QED) is 0.174. The van der Waals surface area contributed by atoms with Gasteiger partial charge >= 0.3 is 12.1 Å². The fraction of sp³-hybridized carbons (Fsp3) is 0.312. The normalized spacial score (nSPS) is 14.9. The largest absolute Gasteiger partial charge is 0.508 e. The van der Waals surface area contributed by atoms with Crippen LogP contribution in [-0.4, -0.2) is 58.3 Å². The number of halogens is 3. The van der Waals surface area contributed by atoms with Crippen LogP contribution in [0, 0.1) is 6.92 Å². The minimum absolute atomic E-state index is 0.234. The third kappa shape index (κ3) is 7.85. The van der Waals surface area contributed by atoms with Crippen molar-refractivity contribution < 1.29 is 32.9 Å². The molecule has 0 radical (unpaired) electrons. The number of ether oxygens (including phenoxy) is 1. The molecule has 44 heavy (non-hydrogen) atoms. The van der Waals surface area contributed by atoms with Gasteiger partial charge in [0.2, 0.25) is 0 Å². The zero-order valence-electron chi connectivity index (χ0n) is 24.2. The summed E-state index contributed by atoms with van der Waals surface area (Å²) in [5.74, 6) is 0.328. The molecule has 1 unspecified atom stereocenters. The number of benzene rings is 3. The topological polar surface area (TPSA) is 86.1 Å². The van der Waals surface area contributed by atoms with Crippen LogP contribution in [0.2, 0.25) is 0 Å². The van der Waals surface area contributed by atoms with Crippen LogP contribution < -0.4 is 9.64 Å². The minimum Gasteiger partial charge on any atom is -0.508 e. The highest BCUT2D eigenvalue weighted by molar-refractivity contribution is 7.98. The zero-order valence-corrected chi connectivity index (χ0v) is 25.8.